The van der Waals surface area contributed by atoms with Crippen LogP contribution in [0.15, 0.2) is 39.6 Å². The van der Waals surface area contributed by atoms with Crippen molar-refractivity contribution in [3.63, 3.8) is 0 Å². The van der Waals surface area contributed by atoms with Gasteiger partial charge in [-0.3, -0.25) is 0 Å². The number of pyridine rings is 1. The number of fused-ring (bicyclic) bond motifs is 1. The fourth-order valence-electron chi connectivity index (χ4n) is 1.52. The second-order valence-electron chi connectivity index (χ2n) is 3.54. The number of thiophene rings is 1. The maximum absolute atomic E-state index is 4.41. The van der Waals surface area contributed by atoms with Gasteiger partial charge in [0.05, 0.1) is 4.47 Å². The van der Waals surface area contributed by atoms with Crippen molar-refractivity contribution < 1.29 is 0 Å². The number of nitrogens with zero attached hydrogens (tertiary/aromatic N) is 3. The zero-order valence-corrected chi connectivity index (χ0v) is 11.2. The van der Waals surface area contributed by atoms with Gasteiger partial charge in [0.25, 0.3) is 0 Å². The first-order chi connectivity index (χ1) is 8.33. The predicted octanol–water partition coefficient (Wildman–Crippen LogP) is 3.17. The Labute approximate surface area is 110 Å². The van der Waals surface area contributed by atoms with E-state index in [1.165, 1.54) is 5.56 Å². The summed E-state index contributed by atoms with van der Waals surface area (Å²) >= 11 is 5.14. The van der Waals surface area contributed by atoms with Gasteiger partial charge < -0.3 is 5.32 Å². The molecule has 4 nitrogen and oxygen atoms in total. The first-order valence-electron chi connectivity index (χ1n) is 5.09. The number of hydrogen-bond donors (Lipinski definition) is 1. The van der Waals surface area contributed by atoms with Crippen molar-refractivity contribution in [3.8, 4) is 0 Å². The molecule has 0 aliphatic heterocycles. The summed E-state index contributed by atoms with van der Waals surface area (Å²) in [5.74, 6) is 0.642. The van der Waals surface area contributed by atoms with E-state index in [1.807, 2.05) is 18.3 Å². The number of hydrogen-bond acceptors (Lipinski definition) is 4. The Kier molecular flexibility index (Phi) is 2.82. The van der Waals surface area contributed by atoms with Crippen LogP contribution in [0.25, 0.3) is 5.65 Å². The van der Waals surface area contributed by atoms with Crippen LogP contribution >= 0.6 is 27.3 Å². The summed E-state index contributed by atoms with van der Waals surface area (Å²) in [5.41, 5.74) is 2.06. The highest BCUT2D eigenvalue weighted by Crippen LogP contribution is 2.17. The molecule has 0 spiro atoms. The zero-order valence-electron chi connectivity index (χ0n) is 8.80. The van der Waals surface area contributed by atoms with Crippen LogP contribution in [0.5, 0.6) is 0 Å². The summed E-state index contributed by atoms with van der Waals surface area (Å²) in [6, 6.07) is 5.96. The van der Waals surface area contributed by atoms with Crippen LogP contribution in [0.4, 0.5) is 5.95 Å². The summed E-state index contributed by atoms with van der Waals surface area (Å²) in [7, 11) is 0. The maximum atomic E-state index is 4.41. The maximum Gasteiger partial charge on any atom is 0.243 e. The number of halogens is 1. The molecule has 0 atom stereocenters. The minimum Gasteiger partial charge on any atom is -0.349 e. The van der Waals surface area contributed by atoms with Gasteiger partial charge in [0.2, 0.25) is 5.95 Å². The molecule has 0 unspecified atom stereocenters. The van der Waals surface area contributed by atoms with Crippen molar-refractivity contribution in [1.82, 2.24) is 14.6 Å². The molecule has 6 heteroatoms. The molecule has 3 aromatic rings. The Morgan fingerprint density at radius 2 is 2.35 bits per heavy atom. The van der Waals surface area contributed by atoms with Gasteiger partial charge >= 0.3 is 0 Å². The second-order valence-corrected chi connectivity index (χ2v) is 5.18. The molecule has 0 aromatic carbocycles. The third kappa shape index (κ3) is 2.18. The standard InChI is InChI=1S/C11H9BrN4S/c12-9-2-1-4-16-10(9)14-11(15-16)13-6-8-3-5-17-7-8/h1-5,7H,6H2,(H,13,15). The molecule has 0 radical (unpaired) electrons. The third-order valence-electron chi connectivity index (χ3n) is 2.35. The van der Waals surface area contributed by atoms with Crippen LogP contribution in [0.1, 0.15) is 5.56 Å². The third-order valence-corrected chi connectivity index (χ3v) is 3.70. The molecule has 0 aliphatic rings. The normalized spacial score (nSPS) is 10.9. The van der Waals surface area contributed by atoms with Crippen molar-refractivity contribution in [1.29, 1.82) is 0 Å². The lowest BCUT2D eigenvalue weighted by atomic mass is 10.3. The lowest BCUT2D eigenvalue weighted by molar-refractivity contribution is 0.949. The van der Waals surface area contributed by atoms with Crippen LogP contribution < -0.4 is 5.32 Å². The number of rotatable bonds is 3. The molecule has 0 amide bonds. The van der Waals surface area contributed by atoms with E-state index in [-0.39, 0.29) is 0 Å². The van der Waals surface area contributed by atoms with Gasteiger partial charge in [-0.05, 0) is 50.5 Å². The molecular weight excluding hydrogens is 300 g/mol. The highest BCUT2D eigenvalue weighted by atomic mass is 79.9. The van der Waals surface area contributed by atoms with E-state index in [0.29, 0.717) is 5.95 Å². The fraction of sp³-hybridized carbons (Fsp3) is 0.0909. The zero-order chi connectivity index (χ0) is 11.7. The van der Waals surface area contributed by atoms with Crippen LogP contribution in [0, 0.1) is 0 Å². The smallest absolute Gasteiger partial charge is 0.243 e. The van der Waals surface area contributed by atoms with Crippen LogP contribution in [-0.4, -0.2) is 14.6 Å². The minimum atomic E-state index is 0.642. The van der Waals surface area contributed by atoms with Crippen LogP contribution in [0.2, 0.25) is 0 Å². The molecule has 1 N–H and O–H groups in total. The quantitative estimate of drug-likeness (QED) is 0.808. The first-order valence-corrected chi connectivity index (χ1v) is 6.82. The lowest BCUT2D eigenvalue weighted by Crippen LogP contribution is -1.99. The van der Waals surface area contributed by atoms with Gasteiger partial charge in [-0.1, -0.05) is 0 Å². The van der Waals surface area contributed by atoms with E-state index < -0.39 is 0 Å². The van der Waals surface area contributed by atoms with Gasteiger partial charge in [0, 0.05) is 12.7 Å². The topological polar surface area (TPSA) is 42.2 Å². The van der Waals surface area contributed by atoms with Crippen molar-refractivity contribution in [3.05, 3.63) is 45.2 Å². The van der Waals surface area contributed by atoms with E-state index in [1.54, 1.807) is 15.9 Å². The molecule has 0 saturated heterocycles. The molecule has 0 bridgehead atoms. The van der Waals surface area contributed by atoms with Crippen LogP contribution in [0.3, 0.4) is 0 Å². The highest BCUT2D eigenvalue weighted by molar-refractivity contribution is 9.10. The Bertz CT molecular complexity index is 632. The summed E-state index contributed by atoms with van der Waals surface area (Å²) in [5, 5.41) is 11.7. The lowest BCUT2D eigenvalue weighted by Gasteiger charge is -1.97. The van der Waals surface area contributed by atoms with Gasteiger partial charge in [0.15, 0.2) is 5.65 Å². The first kappa shape index (κ1) is 10.7. The molecule has 3 aromatic heterocycles. The highest BCUT2D eigenvalue weighted by Gasteiger charge is 2.05. The van der Waals surface area contributed by atoms with E-state index in [9.17, 15) is 0 Å². The van der Waals surface area contributed by atoms with Crippen molar-refractivity contribution in [2.45, 2.75) is 6.54 Å². The van der Waals surface area contributed by atoms with Crippen LogP contribution in [-0.2, 0) is 6.54 Å². The summed E-state index contributed by atoms with van der Waals surface area (Å²) in [6.07, 6.45) is 1.88. The monoisotopic (exact) mass is 308 g/mol. The van der Waals surface area contributed by atoms with E-state index in [0.717, 1.165) is 16.7 Å². The Hall–Kier alpha value is -1.40. The Morgan fingerprint density at radius 1 is 1.41 bits per heavy atom. The number of anilines is 1. The summed E-state index contributed by atoms with van der Waals surface area (Å²) in [4.78, 5) is 4.41. The molecule has 0 fully saturated rings. The van der Waals surface area contributed by atoms with Crippen molar-refractivity contribution in [2.75, 3.05) is 5.32 Å². The van der Waals surface area contributed by atoms with Gasteiger partial charge in [-0.15, -0.1) is 5.10 Å². The SMILES string of the molecule is Brc1cccn2nc(NCc3ccsc3)nc12. The number of nitrogens with one attached hydrogen (secondary N) is 1. The average Bonchev–Trinajstić information content (AvgIpc) is 2.95. The fourth-order valence-corrected chi connectivity index (χ4v) is 2.61. The largest absolute Gasteiger partial charge is 0.349 e. The van der Waals surface area contributed by atoms with Gasteiger partial charge in [-0.2, -0.15) is 16.3 Å². The van der Waals surface area contributed by atoms with Crippen molar-refractivity contribution >= 4 is 38.9 Å². The molecule has 0 saturated carbocycles. The molecule has 3 heterocycles. The van der Waals surface area contributed by atoms with Gasteiger partial charge in [0.1, 0.15) is 0 Å². The molecule has 3 rings (SSSR count). The molecule has 0 aliphatic carbocycles. The minimum absolute atomic E-state index is 0.642. The average molecular weight is 309 g/mol. The molecule has 17 heavy (non-hydrogen) atoms. The van der Waals surface area contributed by atoms with E-state index >= 15 is 0 Å². The van der Waals surface area contributed by atoms with E-state index in [2.05, 4.69) is 48.2 Å². The van der Waals surface area contributed by atoms with Crippen molar-refractivity contribution in [2.24, 2.45) is 0 Å². The van der Waals surface area contributed by atoms with E-state index in [4.69, 9.17) is 0 Å². The predicted molar refractivity (Wildman–Crippen MR) is 72.3 cm³/mol. The van der Waals surface area contributed by atoms with Gasteiger partial charge in [-0.25, -0.2) is 4.52 Å². The Balaban J connectivity index is 1.84. The number of aromatic nitrogens is 3. The molecular formula is C11H9BrN4S. The summed E-state index contributed by atoms with van der Waals surface area (Å²) in [6.45, 7) is 0.748. The second kappa shape index (κ2) is 4.46. The Morgan fingerprint density at radius 3 is 3.12 bits per heavy atom. The summed E-state index contributed by atoms with van der Waals surface area (Å²) < 4.78 is 2.69. The molecule has 86 valence electrons.